The lowest BCUT2D eigenvalue weighted by molar-refractivity contribution is 0.268. The van der Waals surface area contributed by atoms with Crippen molar-refractivity contribution >= 4 is 0 Å². The average molecular weight is 214 g/mol. The Hall–Kier alpha value is -1.16. The molecule has 1 aliphatic carbocycles. The molecule has 0 saturated heterocycles. The number of aliphatic hydroxyl groups excluding tert-OH is 1. The van der Waals surface area contributed by atoms with Crippen LogP contribution in [-0.4, -0.2) is 11.7 Å². The Kier molecular flexibility index (Phi) is 2.86. The first-order valence-electron chi connectivity index (χ1n) is 4.92. The molecular formula is C11H12F2O2. The Bertz CT molecular complexity index is 362. The van der Waals surface area contributed by atoms with Crippen molar-refractivity contribution in [3.05, 3.63) is 29.3 Å². The molecular weight excluding hydrogens is 202 g/mol. The van der Waals surface area contributed by atoms with E-state index in [4.69, 9.17) is 9.84 Å². The van der Waals surface area contributed by atoms with Gasteiger partial charge in [0, 0.05) is 11.6 Å². The molecule has 1 aliphatic rings. The molecule has 0 unspecified atom stereocenters. The van der Waals surface area contributed by atoms with E-state index >= 15 is 0 Å². The van der Waals surface area contributed by atoms with Gasteiger partial charge < -0.3 is 9.84 Å². The topological polar surface area (TPSA) is 29.5 Å². The Labute approximate surface area is 86.5 Å². The highest BCUT2D eigenvalue weighted by Gasteiger charge is 2.22. The zero-order chi connectivity index (χ0) is 10.8. The fourth-order valence-corrected chi connectivity index (χ4v) is 1.29. The molecule has 0 radical (unpaired) electrons. The van der Waals surface area contributed by atoms with Crippen molar-refractivity contribution in [2.45, 2.75) is 19.4 Å². The second-order valence-electron chi connectivity index (χ2n) is 3.79. The van der Waals surface area contributed by atoms with Crippen LogP contribution in [0.1, 0.15) is 18.4 Å². The summed E-state index contributed by atoms with van der Waals surface area (Å²) in [4.78, 5) is 0. The molecule has 0 atom stereocenters. The molecule has 0 aliphatic heterocycles. The van der Waals surface area contributed by atoms with E-state index in [0.29, 0.717) is 12.5 Å². The lowest BCUT2D eigenvalue weighted by Crippen LogP contribution is -2.02. The van der Waals surface area contributed by atoms with Crippen molar-refractivity contribution in [2.24, 2.45) is 5.92 Å². The van der Waals surface area contributed by atoms with E-state index in [1.165, 1.54) is 0 Å². The molecule has 0 aromatic heterocycles. The molecule has 0 spiro atoms. The average Bonchev–Trinajstić information content (AvgIpc) is 3.02. The van der Waals surface area contributed by atoms with Crippen LogP contribution in [0.2, 0.25) is 0 Å². The molecule has 1 aromatic carbocycles. The van der Waals surface area contributed by atoms with Crippen LogP contribution in [0.25, 0.3) is 0 Å². The first kappa shape index (κ1) is 10.4. The van der Waals surface area contributed by atoms with Crippen LogP contribution in [0.4, 0.5) is 8.78 Å². The monoisotopic (exact) mass is 214 g/mol. The number of halogens is 2. The molecule has 1 N–H and O–H groups in total. The highest BCUT2D eigenvalue weighted by molar-refractivity contribution is 5.30. The SMILES string of the molecule is OCc1cc(F)c(OCC2CC2)cc1F. The van der Waals surface area contributed by atoms with Crippen molar-refractivity contribution in [3.8, 4) is 5.75 Å². The minimum absolute atomic E-state index is 0.0497. The van der Waals surface area contributed by atoms with Crippen LogP contribution in [0.5, 0.6) is 5.75 Å². The first-order chi connectivity index (χ1) is 7.20. The second kappa shape index (κ2) is 4.14. The number of benzene rings is 1. The van der Waals surface area contributed by atoms with E-state index < -0.39 is 18.2 Å². The second-order valence-corrected chi connectivity index (χ2v) is 3.79. The summed E-state index contributed by atoms with van der Waals surface area (Å²) in [7, 11) is 0. The quantitative estimate of drug-likeness (QED) is 0.832. The maximum Gasteiger partial charge on any atom is 0.165 e. The van der Waals surface area contributed by atoms with Crippen LogP contribution in [-0.2, 0) is 6.61 Å². The van der Waals surface area contributed by atoms with Gasteiger partial charge in [0.05, 0.1) is 13.2 Å². The molecule has 15 heavy (non-hydrogen) atoms. The Balaban J connectivity index is 2.11. The van der Waals surface area contributed by atoms with Gasteiger partial charge in [-0.3, -0.25) is 0 Å². The van der Waals surface area contributed by atoms with Crippen LogP contribution in [0, 0.1) is 17.6 Å². The maximum absolute atomic E-state index is 13.3. The largest absolute Gasteiger partial charge is 0.490 e. The molecule has 0 heterocycles. The number of hydrogen-bond donors (Lipinski definition) is 1. The van der Waals surface area contributed by atoms with E-state index in [9.17, 15) is 8.78 Å². The third-order valence-electron chi connectivity index (χ3n) is 2.44. The third-order valence-corrected chi connectivity index (χ3v) is 2.44. The zero-order valence-electron chi connectivity index (χ0n) is 8.17. The summed E-state index contributed by atoms with van der Waals surface area (Å²) in [5.41, 5.74) is -0.0497. The predicted molar refractivity (Wildman–Crippen MR) is 50.5 cm³/mol. The standard InChI is InChI=1S/C11H12F2O2/c12-9-4-11(15-6-7-1-2-7)10(13)3-8(9)5-14/h3-4,7,14H,1-2,5-6H2. The van der Waals surface area contributed by atoms with Gasteiger partial charge in [-0.25, -0.2) is 8.78 Å². The van der Waals surface area contributed by atoms with Crippen molar-refractivity contribution in [3.63, 3.8) is 0 Å². The molecule has 82 valence electrons. The minimum atomic E-state index is -0.635. The van der Waals surface area contributed by atoms with Gasteiger partial charge in [0.1, 0.15) is 5.82 Å². The number of rotatable bonds is 4. The van der Waals surface area contributed by atoms with Crippen molar-refractivity contribution in [2.75, 3.05) is 6.61 Å². The molecule has 1 aromatic rings. The highest BCUT2D eigenvalue weighted by Crippen LogP contribution is 2.30. The van der Waals surface area contributed by atoms with Gasteiger partial charge >= 0.3 is 0 Å². The number of ether oxygens (including phenoxy) is 1. The van der Waals surface area contributed by atoms with E-state index in [1.807, 2.05) is 0 Å². The predicted octanol–water partition coefficient (Wildman–Crippen LogP) is 2.25. The number of hydrogen-bond acceptors (Lipinski definition) is 2. The maximum atomic E-state index is 13.3. The summed E-state index contributed by atoms with van der Waals surface area (Å²) < 4.78 is 31.6. The Morgan fingerprint density at radius 3 is 2.60 bits per heavy atom. The molecule has 0 amide bonds. The summed E-state index contributed by atoms with van der Waals surface area (Å²) >= 11 is 0. The van der Waals surface area contributed by atoms with Crippen molar-refractivity contribution < 1.29 is 18.6 Å². The van der Waals surface area contributed by atoms with Gasteiger partial charge in [0.25, 0.3) is 0 Å². The normalized spacial score (nSPS) is 15.4. The molecule has 4 heteroatoms. The van der Waals surface area contributed by atoms with Gasteiger partial charge in [-0.2, -0.15) is 0 Å². The summed E-state index contributed by atoms with van der Waals surface area (Å²) in [5, 5.41) is 8.71. The third kappa shape index (κ3) is 2.45. The summed E-state index contributed by atoms with van der Waals surface area (Å²) in [6, 6.07) is 1.96. The molecule has 2 rings (SSSR count). The molecule has 1 fully saturated rings. The van der Waals surface area contributed by atoms with Gasteiger partial charge in [0.15, 0.2) is 11.6 Å². The first-order valence-corrected chi connectivity index (χ1v) is 4.92. The number of aliphatic hydroxyl groups is 1. The van der Waals surface area contributed by atoms with Gasteiger partial charge in [-0.15, -0.1) is 0 Å². The van der Waals surface area contributed by atoms with Gasteiger partial charge in [0.2, 0.25) is 0 Å². The zero-order valence-corrected chi connectivity index (χ0v) is 8.17. The van der Waals surface area contributed by atoms with Crippen LogP contribution in [0.15, 0.2) is 12.1 Å². The smallest absolute Gasteiger partial charge is 0.165 e. The van der Waals surface area contributed by atoms with E-state index in [0.717, 1.165) is 25.0 Å². The van der Waals surface area contributed by atoms with Gasteiger partial charge in [-0.1, -0.05) is 0 Å². The minimum Gasteiger partial charge on any atom is -0.490 e. The summed E-state index contributed by atoms with van der Waals surface area (Å²) in [6.07, 6.45) is 2.19. The van der Waals surface area contributed by atoms with Crippen LogP contribution in [0.3, 0.4) is 0 Å². The van der Waals surface area contributed by atoms with E-state index in [-0.39, 0.29) is 11.3 Å². The Morgan fingerprint density at radius 1 is 1.27 bits per heavy atom. The van der Waals surface area contributed by atoms with Crippen LogP contribution >= 0.6 is 0 Å². The lowest BCUT2D eigenvalue weighted by atomic mass is 10.2. The fraction of sp³-hybridized carbons (Fsp3) is 0.455. The molecule has 0 bridgehead atoms. The fourth-order valence-electron chi connectivity index (χ4n) is 1.29. The summed E-state index contributed by atoms with van der Waals surface area (Å²) in [6.45, 7) is -0.0690. The van der Waals surface area contributed by atoms with E-state index in [1.54, 1.807) is 0 Å². The molecule has 2 nitrogen and oxygen atoms in total. The van der Waals surface area contributed by atoms with Crippen molar-refractivity contribution in [1.82, 2.24) is 0 Å². The summed E-state index contributed by atoms with van der Waals surface area (Å²) in [5.74, 6) is -0.840. The van der Waals surface area contributed by atoms with Crippen LogP contribution < -0.4 is 4.74 Å². The Morgan fingerprint density at radius 2 is 2.00 bits per heavy atom. The lowest BCUT2D eigenvalue weighted by Gasteiger charge is -2.08. The van der Waals surface area contributed by atoms with E-state index in [2.05, 4.69) is 0 Å². The van der Waals surface area contributed by atoms with Crippen molar-refractivity contribution in [1.29, 1.82) is 0 Å². The van der Waals surface area contributed by atoms with Gasteiger partial charge in [-0.05, 0) is 24.8 Å². The molecule has 1 saturated carbocycles. The highest BCUT2D eigenvalue weighted by atomic mass is 19.1.